The second-order valence-corrected chi connectivity index (χ2v) is 4.26. The second kappa shape index (κ2) is 5.01. The number of carbonyl (C=O) groups is 1. The van der Waals surface area contributed by atoms with Crippen LogP contribution in [0, 0.1) is 0 Å². The van der Waals surface area contributed by atoms with Crippen LogP contribution in [0.5, 0.6) is 5.75 Å². The minimum absolute atomic E-state index is 0.211. The van der Waals surface area contributed by atoms with Crippen LogP contribution in [0.15, 0.2) is 16.6 Å². The number of hydrogen-bond donors (Lipinski definition) is 0. The molecule has 14 heavy (non-hydrogen) atoms. The first kappa shape index (κ1) is 11.8. The van der Waals surface area contributed by atoms with Gasteiger partial charge in [-0.1, -0.05) is 46.1 Å². The highest BCUT2D eigenvalue weighted by Gasteiger charge is 2.11. The fraction of sp³-hybridized carbons (Fsp3) is 0.222. The van der Waals surface area contributed by atoms with E-state index in [4.69, 9.17) is 27.9 Å². The summed E-state index contributed by atoms with van der Waals surface area (Å²) in [5.41, 5.74) is 0. The van der Waals surface area contributed by atoms with Crippen molar-refractivity contribution in [1.82, 2.24) is 0 Å². The molecule has 0 fully saturated rings. The Balaban J connectivity index is 3.02. The van der Waals surface area contributed by atoms with E-state index in [0.29, 0.717) is 10.0 Å². The average Bonchev–Trinajstić information content (AvgIpc) is 2.10. The molecule has 1 aromatic carbocycles. The van der Waals surface area contributed by atoms with Crippen LogP contribution in [0.2, 0.25) is 10.0 Å². The monoisotopic (exact) mass is 296 g/mol. The topological polar surface area (TPSA) is 26.3 Å². The third kappa shape index (κ3) is 2.87. The van der Waals surface area contributed by atoms with E-state index in [-0.39, 0.29) is 18.1 Å². The highest BCUT2D eigenvalue weighted by molar-refractivity contribution is 9.10. The van der Waals surface area contributed by atoms with Crippen molar-refractivity contribution in [3.63, 3.8) is 0 Å². The zero-order chi connectivity index (χ0) is 10.7. The Morgan fingerprint density at radius 1 is 1.43 bits per heavy atom. The van der Waals surface area contributed by atoms with Gasteiger partial charge in [0, 0.05) is 10.9 Å². The fourth-order valence-corrected chi connectivity index (χ4v) is 2.10. The van der Waals surface area contributed by atoms with Crippen molar-refractivity contribution in [3.8, 4) is 5.75 Å². The summed E-state index contributed by atoms with van der Waals surface area (Å²) in [5, 5.41) is 0.623. The van der Waals surface area contributed by atoms with Gasteiger partial charge in [0.2, 0.25) is 0 Å². The van der Waals surface area contributed by atoms with E-state index in [1.807, 2.05) is 0 Å². The third-order valence-corrected chi connectivity index (χ3v) is 2.49. The molecular formula is C9H7BrCl2O2. The summed E-state index contributed by atoms with van der Waals surface area (Å²) in [4.78, 5) is 11.0. The summed E-state index contributed by atoms with van der Waals surface area (Å²) in [5.74, 6) is -0.153. The van der Waals surface area contributed by atoms with E-state index in [1.165, 1.54) is 0 Å². The summed E-state index contributed by atoms with van der Waals surface area (Å²) in [6.07, 6.45) is 0.280. The molecule has 2 nitrogen and oxygen atoms in total. The second-order valence-electron chi connectivity index (χ2n) is 2.53. The van der Waals surface area contributed by atoms with Gasteiger partial charge >= 0.3 is 5.97 Å². The average molecular weight is 298 g/mol. The lowest BCUT2D eigenvalue weighted by Crippen LogP contribution is -2.06. The molecule has 0 heterocycles. The summed E-state index contributed by atoms with van der Waals surface area (Å²) < 4.78 is 5.70. The standard InChI is InChI=1S/C9H7BrCl2O2/c1-2-8(13)14-9-6(11)3-5(10)4-7(9)12/h3-4H,2H2,1H3. The Morgan fingerprint density at radius 2 is 1.93 bits per heavy atom. The lowest BCUT2D eigenvalue weighted by molar-refractivity contribution is -0.134. The molecule has 1 rings (SSSR count). The summed E-state index contributed by atoms with van der Waals surface area (Å²) >= 11 is 14.9. The summed E-state index contributed by atoms with van der Waals surface area (Å²) in [6, 6.07) is 3.23. The molecule has 0 aliphatic heterocycles. The van der Waals surface area contributed by atoms with Crippen LogP contribution in [0.1, 0.15) is 13.3 Å². The quantitative estimate of drug-likeness (QED) is 0.607. The van der Waals surface area contributed by atoms with Crippen LogP contribution in [0.25, 0.3) is 0 Å². The Morgan fingerprint density at radius 3 is 2.36 bits per heavy atom. The zero-order valence-electron chi connectivity index (χ0n) is 7.31. The van der Waals surface area contributed by atoms with Crippen molar-refractivity contribution in [1.29, 1.82) is 0 Å². The molecular weight excluding hydrogens is 291 g/mol. The first-order valence-corrected chi connectivity index (χ1v) is 5.44. The first-order valence-electron chi connectivity index (χ1n) is 3.89. The number of hydrogen-bond acceptors (Lipinski definition) is 2. The molecule has 0 saturated heterocycles. The van der Waals surface area contributed by atoms with Crippen molar-refractivity contribution in [2.24, 2.45) is 0 Å². The molecule has 0 atom stereocenters. The van der Waals surface area contributed by atoms with Crippen LogP contribution in [-0.2, 0) is 4.79 Å². The number of esters is 1. The Bertz CT molecular complexity index is 343. The van der Waals surface area contributed by atoms with Gasteiger partial charge < -0.3 is 4.74 Å². The predicted molar refractivity (Wildman–Crippen MR) is 60.1 cm³/mol. The van der Waals surface area contributed by atoms with E-state index in [9.17, 15) is 4.79 Å². The molecule has 76 valence electrons. The maximum absolute atomic E-state index is 11.0. The molecule has 0 saturated carbocycles. The Kier molecular flexibility index (Phi) is 4.23. The molecule has 0 aromatic heterocycles. The number of halogens is 3. The van der Waals surface area contributed by atoms with Gasteiger partial charge in [0.05, 0.1) is 10.0 Å². The smallest absolute Gasteiger partial charge is 0.310 e. The molecule has 0 unspecified atom stereocenters. The highest BCUT2D eigenvalue weighted by atomic mass is 79.9. The minimum Gasteiger partial charge on any atom is -0.423 e. The molecule has 0 aliphatic rings. The fourth-order valence-electron chi connectivity index (χ4n) is 0.812. The molecule has 1 aromatic rings. The van der Waals surface area contributed by atoms with Gasteiger partial charge in [-0.15, -0.1) is 0 Å². The van der Waals surface area contributed by atoms with Gasteiger partial charge in [0.25, 0.3) is 0 Å². The van der Waals surface area contributed by atoms with Crippen molar-refractivity contribution < 1.29 is 9.53 Å². The molecule has 0 aliphatic carbocycles. The van der Waals surface area contributed by atoms with Crippen LogP contribution in [0.3, 0.4) is 0 Å². The number of carbonyl (C=O) groups excluding carboxylic acids is 1. The number of rotatable bonds is 2. The first-order chi connectivity index (χ1) is 6.54. The van der Waals surface area contributed by atoms with Crippen molar-refractivity contribution >= 4 is 45.1 Å². The Hall–Kier alpha value is -0.250. The minimum atomic E-state index is -0.365. The number of ether oxygens (including phenoxy) is 1. The molecule has 0 spiro atoms. The van der Waals surface area contributed by atoms with Crippen molar-refractivity contribution in [2.75, 3.05) is 0 Å². The lowest BCUT2D eigenvalue weighted by Gasteiger charge is -2.07. The van der Waals surface area contributed by atoms with Crippen LogP contribution < -0.4 is 4.74 Å². The van der Waals surface area contributed by atoms with Crippen molar-refractivity contribution in [3.05, 3.63) is 26.7 Å². The normalized spacial score (nSPS) is 10.0. The molecule has 0 N–H and O–H groups in total. The third-order valence-electron chi connectivity index (χ3n) is 1.47. The molecule has 5 heteroatoms. The zero-order valence-corrected chi connectivity index (χ0v) is 10.4. The van der Waals surface area contributed by atoms with E-state index in [1.54, 1.807) is 19.1 Å². The maximum Gasteiger partial charge on any atom is 0.310 e. The van der Waals surface area contributed by atoms with E-state index < -0.39 is 0 Å². The van der Waals surface area contributed by atoms with Gasteiger partial charge in [0.15, 0.2) is 5.75 Å². The van der Waals surface area contributed by atoms with Gasteiger partial charge in [-0.2, -0.15) is 0 Å². The summed E-state index contributed by atoms with van der Waals surface area (Å²) in [6.45, 7) is 1.70. The van der Waals surface area contributed by atoms with Crippen LogP contribution in [0.4, 0.5) is 0 Å². The SMILES string of the molecule is CCC(=O)Oc1c(Cl)cc(Br)cc1Cl. The Labute approximate surface area is 100 Å². The van der Waals surface area contributed by atoms with Crippen LogP contribution >= 0.6 is 39.1 Å². The largest absolute Gasteiger partial charge is 0.423 e. The molecule has 0 bridgehead atoms. The van der Waals surface area contributed by atoms with Crippen LogP contribution in [-0.4, -0.2) is 5.97 Å². The van der Waals surface area contributed by atoms with Crippen molar-refractivity contribution in [2.45, 2.75) is 13.3 Å². The van der Waals surface area contributed by atoms with Gasteiger partial charge in [-0.3, -0.25) is 4.79 Å². The molecule has 0 amide bonds. The number of benzene rings is 1. The van der Waals surface area contributed by atoms with Gasteiger partial charge in [-0.25, -0.2) is 0 Å². The summed E-state index contributed by atoms with van der Waals surface area (Å²) in [7, 11) is 0. The predicted octanol–water partition coefficient (Wildman–Crippen LogP) is 4.07. The maximum atomic E-state index is 11.0. The molecule has 0 radical (unpaired) electrons. The van der Waals surface area contributed by atoms with Gasteiger partial charge in [0.1, 0.15) is 0 Å². The lowest BCUT2D eigenvalue weighted by atomic mass is 10.3. The van der Waals surface area contributed by atoms with Gasteiger partial charge in [-0.05, 0) is 12.1 Å². The van der Waals surface area contributed by atoms with E-state index >= 15 is 0 Å². The highest BCUT2D eigenvalue weighted by Crippen LogP contribution is 2.36. The van der Waals surface area contributed by atoms with E-state index in [0.717, 1.165) is 4.47 Å². The van der Waals surface area contributed by atoms with E-state index in [2.05, 4.69) is 15.9 Å².